The van der Waals surface area contributed by atoms with Gasteiger partial charge < -0.3 is 97.7 Å². The Balaban J connectivity index is 1.59. The molecule has 0 saturated carbocycles. The number of ether oxygens (including phenoxy) is 12. The van der Waals surface area contributed by atoms with Crippen LogP contribution in [0.3, 0.4) is 0 Å². The minimum absolute atomic E-state index is 0.0830. The molecule has 0 spiro atoms. The third kappa shape index (κ3) is 18.0. The van der Waals surface area contributed by atoms with Gasteiger partial charge >= 0.3 is 23.9 Å². The first kappa shape index (κ1) is 66.8. The van der Waals surface area contributed by atoms with Crippen molar-refractivity contribution < 1.29 is 117 Å². The quantitative estimate of drug-likeness (QED) is 0.0701. The summed E-state index contributed by atoms with van der Waals surface area (Å²) in [5, 5.41) is 90.0. The minimum atomic E-state index is -2.05. The van der Waals surface area contributed by atoms with Crippen molar-refractivity contribution in [2.24, 2.45) is 11.8 Å². The van der Waals surface area contributed by atoms with E-state index in [4.69, 9.17) is 56.8 Å². The molecular formula is C55H92O24. The third-order valence-electron chi connectivity index (χ3n) is 15.8. The van der Waals surface area contributed by atoms with E-state index in [0.717, 1.165) is 51.4 Å². The van der Waals surface area contributed by atoms with Crippen LogP contribution < -0.4 is 0 Å². The van der Waals surface area contributed by atoms with Gasteiger partial charge in [-0.05, 0) is 81.6 Å². The Bertz CT molecular complexity index is 1920. The summed E-state index contributed by atoms with van der Waals surface area (Å²) in [6.45, 7) is 14.5. The van der Waals surface area contributed by atoms with Crippen LogP contribution in [0, 0.1) is 11.8 Å². The number of unbranched alkanes of at least 4 members (excludes halogenated alkanes) is 1. The van der Waals surface area contributed by atoms with Gasteiger partial charge in [0.05, 0.1) is 48.5 Å². The van der Waals surface area contributed by atoms with Crippen LogP contribution in [0.1, 0.15) is 153 Å². The van der Waals surface area contributed by atoms with Crippen molar-refractivity contribution in [2.45, 2.75) is 294 Å². The van der Waals surface area contributed by atoms with E-state index in [1.807, 2.05) is 6.92 Å². The number of carbonyl (C=O) groups is 4. The number of hydrogen-bond acceptors (Lipinski definition) is 24. The second kappa shape index (κ2) is 31.6. The first-order valence-corrected chi connectivity index (χ1v) is 28.5. The van der Waals surface area contributed by atoms with Crippen LogP contribution in [0.15, 0.2) is 11.6 Å². The van der Waals surface area contributed by atoms with Crippen LogP contribution in [0.25, 0.3) is 0 Å². The maximum absolute atomic E-state index is 14.1. The van der Waals surface area contributed by atoms with Crippen molar-refractivity contribution in [2.75, 3.05) is 6.61 Å². The lowest BCUT2D eigenvalue weighted by Gasteiger charge is -2.50. The number of hydrogen-bond donors (Lipinski definition) is 8. The molecule has 5 fully saturated rings. The molecule has 79 heavy (non-hydrogen) atoms. The molecule has 5 aliphatic rings. The van der Waals surface area contributed by atoms with Gasteiger partial charge in [-0.2, -0.15) is 0 Å². The Hall–Kier alpha value is -3.02. The average Bonchev–Trinajstić information content (AvgIpc) is 3.47. The van der Waals surface area contributed by atoms with Crippen molar-refractivity contribution in [3.8, 4) is 0 Å². The molecule has 24 nitrogen and oxygen atoms in total. The summed E-state index contributed by atoms with van der Waals surface area (Å²) in [5.41, 5.74) is 0.0830. The number of aliphatic hydroxyl groups excluding tert-OH is 8. The first-order chi connectivity index (χ1) is 37.4. The molecule has 0 aromatic rings. The molecule has 2 bridgehead atoms. The lowest BCUT2D eigenvalue weighted by molar-refractivity contribution is -0.399. The van der Waals surface area contributed by atoms with E-state index in [9.17, 15) is 60.0 Å². The molecule has 25 unspecified atom stereocenters. The highest BCUT2D eigenvalue weighted by molar-refractivity contribution is 5.87. The zero-order valence-electron chi connectivity index (χ0n) is 47.5. The molecule has 5 aliphatic heterocycles. The Morgan fingerprint density at radius 2 is 1.16 bits per heavy atom. The Kier molecular flexibility index (Phi) is 26.7. The van der Waals surface area contributed by atoms with Gasteiger partial charge in [0, 0.05) is 12.0 Å². The van der Waals surface area contributed by atoms with Crippen LogP contribution in [-0.4, -0.2) is 212 Å². The minimum Gasteiger partial charge on any atom is -0.463 e. The number of aliphatic hydroxyl groups is 8. The highest BCUT2D eigenvalue weighted by Gasteiger charge is 2.58. The summed E-state index contributed by atoms with van der Waals surface area (Å²) in [7, 11) is 0. The molecular weight excluding hydrogens is 1040 g/mol. The van der Waals surface area contributed by atoms with Gasteiger partial charge in [-0.15, -0.1) is 0 Å². The molecule has 0 aromatic carbocycles. The topological polar surface area (TPSA) is 341 Å². The molecule has 0 aromatic heterocycles. The van der Waals surface area contributed by atoms with Gasteiger partial charge in [-0.25, -0.2) is 4.79 Å². The molecule has 456 valence electrons. The Morgan fingerprint density at radius 1 is 0.608 bits per heavy atom. The van der Waals surface area contributed by atoms with Crippen molar-refractivity contribution in [1.29, 1.82) is 0 Å². The van der Waals surface area contributed by atoms with Gasteiger partial charge in [0.15, 0.2) is 43.5 Å². The average molecular weight is 1140 g/mol. The second-order valence-electron chi connectivity index (χ2n) is 22.1. The van der Waals surface area contributed by atoms with Gasteiger partial charge in [-0.1, -0.05) is 70.8 Å². The standard InChI is InChI=1S/C55H92O24/c1-11-13-22-34-23-20-18-16-14-15-17-19-21-24-36(58)74-47-44(77-52-42(64)41(63)43(32(9)70-52)75-51(67)28(5)30(7)57)33(10)71-55(48(47)76-49(65)26(3)12-2)79-46-40(62)38(60)35(25-68-50(66)27(4)29(6)56)73-54(46)78-45-39(61)37(59)31(8)69-53(45)72-34/h12,27-35,37-48,52-57,59-64H,11,13-25H2,1-10H3. The first-order valence-electron chi connectivity index (χ1n) is 28.5. The Labute approximate surface area is 463 Å². The SMILES string of the molecule is CC=C(C)C(=O)OC1C2OC(C)C(OC3OC(C)C(OC(=O)C(C)C(C)O)C(O)C3O)C1OC(=O)CCCCCCCCCCC(CCCC)OC1OC(C)C(O)C(O)C1OC1OC(COC(=O)C(C)C(C)O)C(O)C(O)C1O2. The van der Waals surface area contributed by atoms with Gasteiger partial charge in [0.1, 0.15) is 67.6 Å². The van der Waals surface area contributed by atoms with Crippen molar-refractivity contribution in [3.63, 3.8) is 0 Å². The molecule has 24 heteroatoms. The third-order valence-corrected chi connectivity index (χ3v) is 15.8. The van der Waals surface area contributed by atoms with Gasteiger partial charge in [0.25, 0.3) is 0 Å². The largest absolute Gasteiger partial charge is 0.463 e. The molecule has 25 atom stereocenters. The molecule has 5 heterocycles. The van der Waals surface area contributed by atoms with E-state index in [1.54, 1.807) is 13.8 Å². The Morgan fingerprint density at radius 3 is 1.78 bits per heavy atom. The van der Waals surface area contributed by atoms with Crippen molar-refractivity contribution >= 4 is 23.9 Å². The molecule has 5 rings (SSSR count). The van der Waals surface area contributed by atoms with E-state index in [2.05, 4.69) is 0 Å². The second-order valence-corrected chi connectivity index (χ2v) is 22.1. The summed E-state index contributed by atoms with van der Waals surface area (Å²) >= 11 is 0. The monoisotopic (exact) mass is 1140 g/mol. The summed E-state index contributed by atoms with van der Waals surface area (Å²) < 4.78 is 74.2. The van der Waals surface area contributed by atoms with Crippen molar-refractivity contribution in [3.05, 3.63) is 11.6 Å². The van der Waals surface area contributed by atoms with Crippen LogP contribution >= 0.6 is 0 Å². The molecule has 8 N–H and O–H groups in total. The molecule has 0 aliphatic carbocycles. The predicted octanol–water partition coefficient (Wildman–Crippen LogP) is 2.04. The summed E-state index contributed by atoms with van der Waals surface area (Å²) in [4.78, 5) is 53.9. The molecule has 0 radical (unpaired) electrons. The number of esters is 4. The maximum Gasteiger partial charge on any atom is 0.333 e. The van der Waals surface area contributed by atoms with Crippen LogP contribution in [0.2, 0.25) is 0 Å². The predicted molar refractivity (Wildman–Crippen MR) is 275 cm³/mol. The van der Waals surface area contributed by atoms with Crippen molar-refractivity contribution in [1.82, 2.24) is 0 Å². The van der Waals surface area contributed by atoms with E-state index >= 15 is 0 Å². The number of allylic oxidation sites excluding steroid dienone is 1. The maximum atomic E-state index is 14.1. The van der Waals surface area contributed by atoms with E-state index in [-0.39, 0.29) is 18.1 Å². The normalized spacial score (nSPS) is 40.5. The highest BCUT2D eigenvalue weighted by Crippen LogP contribution is 2.38. The lowest BCUT2D eigenvalue weighted by atomic mass is 9.95. The highest BCUT2D eigenvalue weighted by atomic mass is 16.8. The number of carbonyl (C=O) groups excluding carboxylic acids is 4. The van der Waals surface area contributed by atoms with Crippen LogP contribution in [0.5, 0.6) is 0 Å². The zero-order valence-corrected chi connectivity index (χ0v) is 47.5. The fraction of sp³-hybridized carbons (Fsp3) is 0.891. The van der Waals surface area contributed by atoms with Gasteiger partial charge in [0.2, 0.25) is 0 Å². The fourth-order valence-electron chi connectivity index (χ4n) is 9.91. The van der Waals surface area contributed by atoms with E-state index in [0.29, 0.717) is 25.7 Å². The van der Waals surface area contributed by atoms with E-state index in [1.165, 1.54) is 54.5 Å². The zero-order chi connectivity index (χ0) is 58.4. The van der Waals surface area contributed by atoms with Gasteiger partial charge in [-0.3, -0.25) is 14.4 Å². The summed E-state index contributed by atoms with van der Waals surface area (Å²) in [5.74, 6) is -5.43. The van der Waals surface area contributed by atoms with E-state index < -0.39 is 177 Å². The molecule has 5 saturated heterocycles. The summed E-state index contributed by atoms with van der Waals surface area (Å²) in [6, 6.07) is 0. The number of fused-ring (bicyclic) bond motifs is 4. The fourth-order valence-corrected chi connectivity index (χ4v) is 9.91. The van der Waals surface area contributed by atoms with Crippen LogP contribution in [-0.2, 0) is 76.0 Å². The number of rotatable bonds is 14. The lowest BCUT2D eigenvalue weighted by Crippen LogP contribution is -2.68. The smallest absolute Gasteiger partial charge is 0.333 e. The van der Waals surface area contributed by atoms with Crippen LogP contribution in [0.4, 0.5) is 0 Å². The molecule has 0 amide bonds. The summed E-state index contributed by atoms with van der Waals surface area (Å²) in [6.07, 6.45) is -24.5.